The van der Waals surface area contributed by atoms with Crippen LogP contribution in [-0.4, -0.2) is 70.1 Å². The average Bonchev–Trinajstić information content (AvgIpc) is 2.99. The maximum atomic E-state index is 13.7. The molecule has 3 aliphatic rings. The van der Waals surface area contributed by atoms with E-state index in [4.69, 9.17) is 4.74 Å². The molecule has 3 aliphatic heterocycles. The van der Waals surface area contributed by atoms with Gasteiger partial charge in [0.1, 0.15) is 11.7 Å². The molecule has 30 heavy (non-hydrogen) atoms. The predicted molar refractivity (Wildman–Crippen MR) is 115 cm³/mol. The number of pyridine rings is 1. The van der Waals surface area contributed by atoms with Gasteiger partial charge in [-0.2, -0.15) is 0 Å². The molecule has 0 bridgehead atoms. The van der Waals surface area contributed by atoms with Crippen molar-refractivity contribution in [2.45, 2.75) is 44.6 Å². The van der Waals surface area contributed by atoms with Crippen LogP contribution < -0.4 is 0 Å². The zero-order chi connectivity index (χ0) is 20.6. The molecule has 0 unspecified atom stereocenters. The number of rotatable bonds is 4. The number of aromatic nitrogens is 1. The lowest BCUT2D eigenvalue weighted by molar-refractivity contribution is -0.137. The van der Waals surface area contributed by atoms with Gasteiger partial charge in [0.05, 0.1) is 13.2 Å². The summed E-state index contributed by atoms with van der Waals surface area (Å²) in [7, 11) is 0. The second-order valence-corrected chi connectivity index (χ2v) is 8.76. The van der Waals surface area contributed by atoms with Crippen LogP contribution in [0.25, 0.3) is 0 Å². The Balaban J connectivity index is 1.38. The molecule has 6 nitrogen and oxygen atoms in total. The molecule has 0 N–H and O–H groups in total. The molecule has 3 fully saturated rings. The highest BCUT2D eigenvalue weighted by molar-refractivity contribution is 5.85. The van der Waals surface area contributed by atoms with Gasteiger partial charge in [-0.25, -0.2) is 0 Å². The van der Waals surface area contributed by atoms with Crippen molar-refractivity contribution >= 4 is 5.91 Å². The number of carbonyl (C=O) groups excluding carboxylic acids is 1. The molecular formula is C24H30N4O2. The van der Waals surface area contributed by atoms with Crippen molar-refractivity contribution in [3.63, 3.8) is 0 Å². The number of benzene rings is 1. The van der Waals surface area contributed by atoms with Crippen molar-refractivity contribution < 1.29 is 9.53 Å². The van der Waals surface area contributed by atoms with Gasteiger partial charge in [0, 0.05) is 57.5 Å². The topological polar surface area (TPSA) is 48.9 Å². The van der Waals surface area contributed by atoms with E-state index in [-0.39, 0.29) is 17.6 Å². The second kappa shape index (κ2) is 8.10. The van der Waals surface area contributed by atoms with E-state index >= 15 is 0 Å². The van der Waals surface area contributed by atoms with E-state index in [9.17, 15) is 4.79 Å². The lowest BCUT2D eigenvalue weighted by Crippen LogP contribution is -2.61. The van der Waals surface area contributed by atoms with Crippen molar-refractivity contribution in [3.8, 4) is 0 Å². The van der Waals surface area contributed by atoms with Gasteiger partial charge in [-0.1, -0.05) is 36.4 Å². The van der Waals surface area contributed by atoms with Crippen molar-refractivity contribution in [1.82, 2.24) is 19.7 Å². The number of fused-ring (bicyclic) bond motifs is 2. The van der Waals surface area contributed by atoms with E-state index in [1.165, 1.54) is 11.1 Å². The minimum atomic E-state index is -0.201. The third kappa shape index (κ3) is 3.53. The molecule has 5 rings (SSSR count). The van der Waals surface area contributed by atoms with E-state index in [2.05, 4.69) is 56.1 Å². The summed E-state index contributed by atoms with van der Waals surface area (Å²) in [4.78, 5) is 25.1. The molecule has 0 saturated carbocycles. The highest BCUT2D eigenvalue weighted by atomic mass is 16.5. The monoisotopic (exact) mass is 406 g/mol. The molecule has 1 atom stereocenters. The molecule has 4 heterocycles. The third-order valence-electron chi connectivity index (χ3n) is 6.91. The SMILES string of the molecule is Cc1ccc(CN2CCN3[C@H](C2)C(=O)N(Cc2ccccc2)C32CCOCC2)cn1. The van der Waals surface area contributed by atoms with Gasteiger partial charge in [0.25, 0.3) is 0 Å². The van der Waals surface area contributed by atoms with Crippen LogP contribution in [0, 0.1) is 6.92 Å². The number of hydrogen-bond donors (Lipinski definition) is 0. The number of aryl methyl sites for hydroxylation is 1. The lowest BCUT2D eigenvalue weighted by atomic mass is 9.96. The maximum absolute atomic E-state index is 13.7. The van der Waals surface area contributed by atoms with E-state index < -0.39 is 0 Å². The Bertz CT molecular complexity index is 880. The molecule has 158 valence electrons. The smallest absolute Gasteiger partial charge is 0.243 e. The summed E-state index contributed by atoms with van der Waals surface area (Å²) in [5, 5.41) is 0. The first-order valence-electron chi connectivity index (χ1n) is 11.0. The molecule has 0 radical (unpaired) electrons. The summed E-state index contributed by atoms with van der Waals surface area (Å²) >= 11 is 0. The van der Waals surface area contributed by atoms with Gasteiger partial charge in [-0.05, 0) is 24.1 Å². The summed E-state index contributed by atoms with van der Waals surface area (Å²) in [6, 6.07) is 14.5. The fourth-order valence-corrected chi connectivity index (χ4v) is 5.33. The second-order valence-electron chi connectivity index (χ2n) is 8.76. The Kier molecular flexibility index (Phi) is 5.31. The van der Waals surface area contributed by atoms with Gasteiger partial charge < -0.3 is 9.64 Å². The van der Waals surface area contributed by atoms with Crippen LogP contribution in [0.2, 0.25) is 0 Å². The Hall–Kier alpha value is -2.28. The zero-order valence-corrected chi connectivity index (χ0v) is 17.7. The van der Waals surface area contributed by atoms with Crippen LogP contribution in [0.4, 0.5) is 0 Å². The van der Waals surface area contributed by atoms with Gasteiger partial charge in [0.15, 0.2) is 0 Å². The molecule has 2 aromatic rings. The van der Waals surface area contributed by atoms with Crippen molar-refractivity contribution in [1.29, 1.82) is 0 Å². The maximum Gasteiger partial charge on any atom is 0.243 e. The van der Waals surface area contributed by atoms with Crippen LogP contribution in [0.3, 0.4) is 0 Å². The van der Waals surface area contributed by atoms with Gasteiger partial charge in [-0.3, -0.25) is 19.6 Å². The standard InChI is InChI=1S/C24H30N4O2/c1-19-7-8-21(15-25-19)16-26-11-12-27-22(18-26)23(29)28(17-20-5-3-2-4-6-20)24(27)9-13-30-14-10-24/h2-8,15,22H,9-14,16-18H2,1H3/t22-/m1/s1. The minimum absolute atomic E-state index is 0.0704. The number of ether oxygens (including phenoxy) is 1. The van der Waals surface area contributed by atoms with Crippen LogP contribution in [0.1, 0.15) is 29.7 Å². The molecule has 1 aromatic carbocycles. The molecule has 1 spiro atoms. The lowest BCUT2D eigenvalue weighted by Gasteiger charge is -2.49. The number of carbonyl (C=O) groups is 1. The fraction of sp³-hybridized carbons (Fsp3) is 0.500. The first-order chi connectivity index (χ1) is 14.7. The summed E-state index contributed by atoms with van der Waals surface area (Å²) in [6.07, 6.45) is 3.74. The number of piperazine rings is 1. The normalized spacial score (nSPS) is 24.4. The molecule has 3 saturated heterocycles. The van der Waals surface area contributed by atoms with Crippen LogP contribution in [-0.2, 0) is 22.6 Å². The van der Waals surface area contributed by atoms with E-state index in [1.54, 1.807) is 0 Å². The van der Waals surface area contributed by atoms with E-state index in [0.717, 1.165) is 57.9 Å². The van der Waals surface area contributed by atoms with Gasteiger partial charge >= 0.3 is 0 Å². The quantitative estimate of drug-likeness (QED) is 0.781. The fourth-order valence-electron chi connectivity index (χ4n) is 5.33. The van der Waals surface area contributed by atoms with E-state index in [0.29, 0.717) is 6.54 Å². The molecule has 1 aromatic heterocycles. The number of amides is 1. The largest absolute Gasteiger partial charge is 0.381 e. The molecule has 1 amide bonds. The Morgan fingerprint density at radius 3 is 2.57 bits per heavy atom. The highest BCUT2D eigenvalue weighted by Crippen LogP contribution is 2.42. The summed E-state index contributed by atoms with van der Waals surface area (Å²) < 4.78 is 5.70. The van der Waals surface area contributed by atoms with Crippen molar-refractivity contribution in [2.24, 2.45) is 0 Å². The van der Waals surface area contributed by atoms with Crippen molar-refractivity contribution in [2.75, 3.05) is 32.8 Å². The molecule has 6 heteroatoms. The number of nitrogens with zero attached hydrogens (tertiary/aromatic N) is 4. The zero-order valence-electron chi connectivity index (χ0n) is 17.7. The Morgan fingerprint density at radius 1 is 1.03 bits per heavy atom. The molecule has 0 aliphatic carbocycles. The Labute approximate surface area is 178 Å². The summed E-state index contributed by atoms with van der Waals surface area (Å²) in [5.74, 6) is 0.271. The Morgan fingerprint density at radius 2 is 1.83 bits per heavy atom. The van der Waals surface area contributed by atoms with Gasteiger partial charge in [-0.15, -0.1) is 0 Å². The van der Waals surface area contributed by atoms with Crippen molar-refractivity contribution in [3.05, 3.63) is 65.5 Å². The van der Waals surface area contributed by atoms with Crippen LogP contribution in [0.15, 0.2) is 48.7 Å². The first-order valence-corrected chi connectivity index (χ1v) is 11.0. The van der Waals surface area contributed by atoms with E-state index in [1.807, 2.05) is 19.2 Å². The highest BCUT2D eigenvalue weighted by Gasteiger charge is 2.57. The first kappa shape index (κ1) is 19.7. The van der Waals surface area contributed by atoms with Crippen LogP contribution >= 0.6 is 0 Å². The molecular weight excluding hydrogens is 376 g/mol. The predicted octanol–water partition coefficient (Wildman–Crippen LogP) is 2.43. The summed E-state index contributed by atoms with van der Waals surface area (Å²) in [5.41, 5.74) is 3.24. The summed E-state index contributed by atoms with van der Waals surface area (Å²) in [6.45, 7) is 7.64. The average molecular weight is 407 g/mol. The van der Waals surface area contributed by atoms with Crippen LogP contribution in [0.5, 0.6) is 0 Å². The number of hydrogen-bond acceptors (Lipinski definition) is 5. The van der Waals surface area contributed by atoms with Gasteiger partial charge in [0.2, 0.25) is 5.91 Å². The third-order valence-corrected chi connectivity index (χ3v) is 6.91. The minimum Gasteiger partial charge on any atom is -0.381 e.